The third kappa shape index (κ3) is 4.10. The molecule has 1 rings (SSSR count). The molecule has 1 amide bonds. The minimum atomic E-state index is -0.785. The Hall–Kier alpha value is -0.930. The molecule has 0 spiro atoms. The lowest BCUT2D eigenvalue weighted by atomic mass is 9.99. The molecular weight excluding hydrogens is 261 g/mol. The van der Waals surface area contributed by atoms with E-state index >= 15 is 0 Å². The number of primary amides is 1. The summed E-state index contributed by atoms with van der Waals surface area (Å²) in [6.07, 6.45) is -0.657. The highest BCUT2D eigenvalue weighted by Gasteiger charge is 2.20. The molecule has 0 saturated heterocycles. The van der Waals surface area contributed by atoms with Crippen molar-refractivity contribution in [2.75, 3.05) is 0 Å². The van der Waals surface area contributed by atoms with E-state index < -0.39 is 6.09 Å². The van der Waals surface area contributed by atoms with E-state index in [9.17, 15) is 4.79 Å². The molecular formula is C12H15Cl2NO2. The highest BCUT2D eigenvalue weighted by molar-refractivity contribution is 6.36. The Labute approximate surface area is 111 Å². The van der Waals surface area contributed by atoms with Crippen molar-refractivity contribution < 1.29 is 9.53 Å². The quantitative estimate of drug-likeness (QED) is 0.912. The van der Waals surface area contributed by atoms with Gasteiger partial charge in [0.15, 0.2) is 0 Å². The lowest BCUT2D eigenvalue weighted by Crippen LogP contribution is -2.29. The van der Waals surface area contributed by atoms with Crippen LogP contribution >= 0.6 is 23.2 Å². The van der Waals surface area contributed by atoms with Crippen LogP contribution in [0.15, 0.2) is 18.2 Å². The van der Waals surface area contributed by atoms with Crippen molar-refractivity contribution >= 4 is 29.3 Å². The third-order valence-electron chi connectivity index (χ3n) is 2.48. The fraction of sp³-hybridized carbons (Fsp3) is 0.417. The van der Waals surface area contributed by atoms with E-state index in [2.05, 4.69) is 0 Å². The summed E-state index contributed by atoms with van der Waals surface area (Å²) in [7, 11) is 0. The first-order valence-corrected chi connectivity index (χ1v) is 6.06. The predicted molar refractivity (Wildman–Crippen MR) is 69.5 cm³/mol. The van der Waals surface area contributed by atoms with Crippen molar-refractivity contribution in [3.63, 3.8) is 0 Å². The van der Waals surface area contributed by atoms with Crippen LogP contribution in [0, 0.1) is 5.92 Å². The Balaban J connectivity index is 2.89. The first-order chi connectivity index (χ1) is 7.91. The fourth-order valence-electron chi connectivity index (χ4n) is 1.49. The number of halogens is 2. The molecule has 1 aromatic rings. The third-order valence-corrected chi connectivity index (χ3v) is 3.19. The van der Waals surface area contributed by atoms with E-state index in [1.54, 1.807) is 18.2 Å². The zero-order valence-electron chi connectivity index (χ0n) is 9.74. The van der Waals surface area contributed by atoms with E-state index in [1.165, 1.54) is 0 Å². The number of hydrogen-bond donors (Lipinski definition) is 1. The Morgan fingerprint density at radius 2 is 1.88 bits per heavy atom. The second-order valence-electron chi connectivity index (χ2n) is 4.12. The molecule has 0 aliphatic heterocycles. The fourth-order valence-corrected chi connectivity index (χ4v) is 2.04. The second-order valence-corrected chi connectivity index (χ2v) is 4.94. The minimum absolute atomic E-state index is 0.134. The van der Waals surface area contributed by atoms with Gasteiger partial charge in [-0.15, -0.1) is 0 Å². The summed E-state index contributed by atoms with van der Waals surface area (Å²) in [6, 6.07) is 5.28. The van der Waals surface area contributed by atoms with Crippen LogP contribution in [0.4, 0.5) is 4.79 Å². The number of ether oxygens (including phenoxy) is 1. The van der Waals surface area contributed by atoms with Gasteiger partial charge in [0.2, 0.25) is 0 Å². The van der Waals surface area contributed by atoms with Crippen molar-refractivity contribution in [1.29, 1.82) is 0 Å². The van der Waals surface area contributed by atoms with Gasteiger partial charge in [-0.2, -0.15) is 0 Å². The standard InChI is InChI=1S/C12H15Cl2NO2/c1-7(2)11(17-12(15)16)6-8-9(13)4-3-5-10(8)14/h3-5,7,11H,6H2,1-2H3,(H2,15,16)/t11-/m1/s1. The van der Waals surface area contributed by atoms with Gasteiger partial charge >= 0.3 is 6.09 Å². The van der Waals surface area contributed by atoms with E-state index in [1.807, 2.05) is 13.8 Å². The van der Waals surface area contributed by atoms with Gasteiger partial charge in [-0.1, -0.05) is 43.1 Å². The Morgan fingerprint density at radius 1 is 1.35 bits per heavy atom. The first kappa shape index (κ1) is 14.1. The maximum absolute atomic E-state index is 10.8. The molecule has 0 aliphatic carbocycles. The second kappa shape index (κ2) is 6.12. The average Bonchev–Trinajstić information content (AvgIpc) is 2.21. The SMILES string of the molecule is CC(C)[C@@H](Cc1c(Cl)cccc1Cl)OC(N)=O. The molecule has 5 heteroatoms. The predicted octanol–water partition coefficient (Wildman–Crippen LogP) is 3.66. The monoisotopic (exact) mass is 275 g/mol. The number of rotatable bonds is 4. The topological polar surface area (TPSA) is 52.3 Å². The van der Waals surface area contributed by atoms with Crippen molar-refractivity contribution in [1.82, 2.24) is 0 Å². The number of hydrogen-bond acceptors (Lipinski definition) is 2. The molecule has 0 aromatic heterocycles. The number of amides is 1. The molecule has 0 fully saturated rings. The van der Waals surface area contributed by atoms with Gasteiger partial charge in [0.25, 0.3) is 0 Å². The van der Waals surface area contributed by atoms with Gasteiger partial charge in [0.05, 0.1) is 0 Å². The van der Waals surface area contributed by atoms with Crippen LogP contribution in [0.2, 0.25) is 10.0 Å². The van der Waals surface area contributed by atoms with Crippen molar-refractivity contribution in [3.05, 3.63) is 33.8 Å². The van der Waals surface area contributed by atoms with Crippen LogP contribution in [0.5, 0.6) is 0 Å². The van der Waals surface area contributed by atoms with E-state index in [0.717, 1.165) is 5.56 Å². The van der Waals surface area contributed by atoms with Gasteiger partial charge in [0, 0.05) is 16.5 Å². The van der Waals surface area contributed by atoms with E-state index in [4.69, 9.17) is 33.7 Å². The summed E-state index contributed by atoms with van der Waals surface area (Å²) in [6.45, 7) is 3.89. The van der Waals surface area contributed by atoms with E-state index in [0.29, 0.717) is 16.5 Å². The molecule has 0 bridgehead atoms. The Kier molecular flexibility index (Phi) is 5.09. The molecule has 0 aliphatic rings. The number of carbonyl (C=O) groups excluding carboxylic acids is 1. The van der Waals surface area contributed by atoms with Crippen LogP contribution in [0.1, 0.15) is 19.4 Å². The van der Waals surface area contributed by atoms with Gasteiger partial charge in [0.1, 0.15) is 6.10 Å². The van der Waals surface area contributed by atoms with Gasteiger partial charge in [-0.3, -0.25) is 0 Å². The number of carbonyl (C=O) groups is 1. The lowest BCUT2D eigenvalue weighted by Gasteiger charge is -2.21. The Bertz CT molecular complexity index is 387. The minimum Gasteiger partial charge on any atom is -0.446 e. The largest absolute Gasteiger partial charge is 0.446 e. The highest BCUT2D eigenvalue weighted by Crippen LogP contribution is 2.27. The van der Waals surface area contributed by atoms with Crippen molar-refractivity contribution in [2.24, 2.45) is 11.7 Å². The Morgan fingerprint density at radius 3 is 2.29 bits per heavy atom. The normalized spacial score (nSPS) is 12.5. The first-order valence-electron chi connectivity index (χ1n) is 5.30. The molecule has 94 valence electrons. The highest BCUT2D eigenvalue weighted by atomic mass is 35.5. The van der Waals surface area contributed by atoms with Crippen LogP contribution < -0.4 is 5.73 Å². The van der Waals surface area contributed by atoms with Crippen LogP contribution in [0.25, 0.3) is 0 Å². The van der Waals surface area contributed by atoms with Crippen LogP contribution in [0.3, 0.4) is 0 Å². The summed E-state index contributed by atoms with van der Waals surface area (Å²) in [4.78, 5) is 10.8. The molecule has 17 heavy (non-hydrogen) atoms. The molecule has 2 N–H and O–H groups in total. The van der Waals surface area contributed by atoms with Crippen molar-refractivity contribution in [3.8, 4) is 0 Å². The summed E-state index contributed by atoms with van der Waals surface area (Å²) >= 11 is 12.1. The lowest BCUT2D eigenvalue weighted by molar-refractivity contribution is 0.0788. The summed E-state index contributed by atoms with van der Waals surface area (Å²) in [5, 5.41) is 1.13. The summed E-state index contributed by atoms with van der Waals surface area (Å²) in [5.74, 6) is 0.134. The molecule has 0 radical (unpaired) electrons. The molecule has 0 saturated carbocycles. The smallest absolute Gasteiger partial charge is 0.404 e. The zero-order chi connectivity index (χ0) is 13.0. The number of nitrogens with two attached hydrogens (primary N) is 1. The molecule has 0 unspecified atom stereocenters. The number of benzene rings is 1. The van der Waals surface area contributed by atoms with Crippen molar-refractivity contribution in [2.45, 2.75) is 26.4 Å². The maximum atomic E-state index is 10.8. The maximum Gasteiger partial charge on any atom is 0.404 e. The summed E-state index contributed by atoms with van der Waals surface area (Å²) in [5.41, 5.74) is 5.81. The zero-order valence-corrected chi connectivity index (χ0v) is 11.3. The molecule has 1 atom stereocenters. The molecule has 3 nitrogen and oxygen atoms in total. The molecule has 0 heterocycles. The van der Waals surface area contributed by atoms with E-state index in [-0.39, 0.29) is 12.0 Å². The van der Waals surface area contributed by atoms with Crippen LogP contribution in [-0.4, -0.2) is 12.2 Å². The average molecular weight is 276 g/mol. The molecule has 1 aromatic carbocycles. The van der Waals surface area contributed by atoms with Gasteiger partial charge in [-0.05, 0) is 23.6 Å². The summed E-state index contributed by atoms with van der Waals surface area (Å²) < 4.78 is 5.05. The van der Waals surface area contributed by atoms with Crippen LogP contribution in [-0.2, 0) is 11.2 Å². The van der Waals surface area contributed by atoms with Gasteiger partial charge < -0.3 is 10.5 Å². The van der Waals surface area contributed by atoms with Gasteiger partial charge in [-0.25, -0.2) is 4.79 Å².